The first kappa shape index (κ1) is 25.6. The SMILES string of the molecule is CC(C)(C)[Si](C)(C)OC[C@H]1O[C@@H](n2ccc(=O)[nH]c2=O)[C@H](O[Si](C)(C)C(C)(C)C)[C@]12CO2. The quantitative estimate of drug-likeness (QED) is 0.489. The fourth-order valence-corrected chi connectivity index (χ4v) is 5.69. The Kier molecular flexibility index (Phi) is 6.41. The highest BCUT2D eigenvalue weighted by Crippen LogP contribution is 2.52. The minimum atomic E-state index is -2.22. The van der Waals surface area contributed by atoms with Crippen LogP contribution in [0.1, 0.15) is 47.8 Å². The molecule has 2 saturated heterocycles. The second-order valence-corrected chi connectivity index (χ2v) is 21.7. The van der Waals surface area contributed by atoms with Gasteiger partial charge in [0.1, 0.15) is 17.8 Å². The van der Waals surface area contributed by atoms with Gasteiger partial charge in [0.15, 0.2) is 22.9 Å². The van der Waals surface area contributed by atoms with Crippen molar-refractivity contribution < 1.29 is 18.3 Å². The number of rotatable bonds is 6. The summed E-state index contributed by atoms with van der Waals surface area (Å²) in [5, 5.41) is 0.0365. The summed E-state index contributed by atoms with van der Waals surface area (Å²) < 4.78 is 27.2. The lowest BCUT2D eigenvalue weighted by Gasteiger charge is -2.40. The molecular weight excluding hydrogens is 444 g/mol. The predicted octanol–water partition coefficient (Wildman–Crippen LogP) is 3.62. The lowest BCUT2D eigenvalue weighted by atomic mass is 9.99. The van der Waals surface area contributed by atoms with Crippen molar-refractivity contribution in [3.05, 3.63) is 33.1 Å². The number of ether oxygens (including phenoxy) is 2. The van der Waals surface area contributed by atoms with E-state index in [1.165, 1.54) is 16.8 Å². The molecule has 4 atom stereocenters. The molecule has 1 aromatic rings. The van der Waals surface area contributed by atoms with Crippen LogP contribution >= 0.6 is 0 Å². The Balaban J connectivity index is 1.96. The molecule has 2 fully saturated rings. The number of hydrogen-bond acceptors (Lipinski definition) is 6. The highest BCUT2D eigenvalue weighted by molar-refractivity contribution is 6.74. The van der Waals surface area contributed by atoms with E-state index in [1.54, 1.807) is 0 Å². The first-order valence-corrected chi connectivity index (χ1v) is 17.2. The summed E-state index contributed by atoms with van der Waals surface area (Å²) in [7, 11) is -4.23. The summed E-state index contributed by atoms with van der Waals surface area (Å²) in [6.07, 6.45) is -0.0692. The summed E-state index contributed by atoms with van der Waals surface area (Å²) in [5.41, 5.74) is -1.62. The molecule has 3 rings (SSSR count). The van der Waals surface area contributed by atoms with Gasteiger partial charge in [-0.15, -0.1) is 0 Å². The molecular formula is C22H40N2O6Si2. The van der Waals surface area contributed by atoms with Crippen molar-refractivity contribution in [2.75, 3.05) is 13.2 Å². The maximum atomic E-state index is 12.6. The predicted molar refractivity (Wildman–Crippen MR) is 129 cm³/mol. The van der Waals surface area contributed by atoms with Gasteiger partial charge in [-0.1, -0.05) is 41.5 Å². The third-order valence-corrected chi connectivity index (χ3v) is 16.8. The number of nitrogens with one attached hydrogen (secondary N) is 1. The summed E-state index contributed by atoms with van der Waals surface area (Å²) >= 11 is 0. The van der Waals surface area contributed by atoms with Crippen molar-refractivity contribution in [2.45, 2.75) is 102 Å². The molecule has 10 heteroatoms. The Labute approximate surface area is 192 Å². The van der Waals surface area contributed by atoms with Gasteiger partial charge in [-0.25, -0.2) is 4.79 Å². The Morgan fingerprint density at radius 1 is 1.09 bits per heavy atom. The van der Waals surface area contributed by atoms with Gasteiger partial charge in [0.2, 0.25) is 0 Å². The number of aromatic nitrogens is 2. The van der Waals surface area contributed by atoms with Crippen molar-refractivity contribution in [3.8, 4) is 0 Å². The van der Waals surface area contributed by atoms with Crippen molar-refractivity contribution >= 4 is 16.6 Å². The topological polar surface area (TPSA) is 95.1 Å². The molecule has 0 bridgehead atoms. The van der Waals surface area contributed by atoms with Gasteiger partial charge >= 0.3 is 5.69 Å². The van der Waals surface area contributed by atoms with E-state index in [-0.39, 0.29) is 16.2 Å². The van der Waals surface area contributed by atoms with Crippen molar-refractivity contribution in [2.24, 2.45) is 0 Å². The van der Waals surface area contributed by atoms with Gasteiger partial charge < -0.3 is 18.3 Å². The molecule has 32 heavy (non-hydrogen) atoms. The zero-order valence-corrected chi connectivity index (χ0v) is 23.2. The Morgan fingerprint density at radius 2 is 1.66 bits per heavy atom. The fraction of sp³-hybridized carbons (Fsp3) is 0.818. The minimum Gasteiger partial charge on any atom is -0.414 e. The van der Waals surface area contributed by atoms with Crippen LogP contribution in [0.4, 0.5) is 0 Å². The van der Waals surface area contributed by atoms with E-state index in [1.807, 2.05) is 0 Å². The highest BCUT2D eigenvalue weighted by atomic mass is 28.4. The lowest BCUT2D eigenvalue weighted by molar-refractivity contribution is -0.0498. The van der Waals surface area contributed by atoms with E-state index in [0.717, 1.165) is 0 Å². The number of epoxide rings is 1. The molecule has 0 unspecified atom stereocenters. The van der Waals surface area contributed by atoms with E-state index < -0.39 is 45.8 Å². The van der Waals surface area contributed by atoms with E-state index >= 15 is 0 Å². The van der Waals surface area contributed by atoms with Crippen LogP contribution in [0.2, 0.25) is 36.3 Å². The molecule has 0 aromatic carbocycles. The first-order valence-electron chi connectivity index (χ1n) is 11.3. The second kappa shape index (κ2) is 8.02. The molecule has 2 aliphatic heterocycles. The molecule has 0 amide bonds. The van der Waals surface area contributed by atoms with Crippen molar-refractivity contribution in [1.82, 2.24) is 9.55 Å². The lowest BCUT2D eigenvalue weighted by Crippen LogP contribution is -2.51. The zero-order chi connectivity index (χ0) is 24.3. The van der Waals surface area contributed by atoms with Gasteiger partial charge in [0.05, 0.1) is 13.2 Å². The summed E-state index contributed by atoms with van der Waals surface area (Å²) in [5.74, 6) is 0. The molecule has 2 aliphatic rings. The molecule has 0 radical (unpaired) electrons. The minimum absolute atomic E-state index is 0.0285. The molecule has 0 aliphatic carbocycles. The van der Waals surface area contributed by atoms with Gasteiger partial charge in [-0.3, -0.25) is 14.3 Å². The average molecular weight is 485 g/mol. The number of nitrogens with zero attached hydrogens (tertiary/aromatic N) is 1. The van der Waals surface area contributed by atoms with Gasteiger partial charge in [-0.05, 0) is 36.3 Å². The first-order chi connectivity index (χ1) is 14.4. The number of H-pyrrole nitrogens is 1. The fourth-order valence-electron chi connectivity index (χ4n) is 3.39. The van der Waals surface area contributed by atoms with Crippen LogP contribution < -0.4 is 11.2 Å². The summed E-state index contributed by atoms with van der Waals surface area (Å²) in [6, 6.07) is 1.33. The Hall–Kier alpha value is -1.05. The van der Waals surface area contributed by atoms with Crippen LogP contribution in [0.25, 0.3) is 0 Å². The molecule has 1 aromatic heterocycles. The van der Waals surface area contributed by atoms with Crippen LogP contribution in [-0.2, 0) is 18.3 Å². The van der Waals surface area contributed by atoms with E-state index in [4.69, 9.17) is 18.3 Å². The Morgan fingerprint density at radius 3 is 2.12 bits per heavy atom. The largest absolute Gasteiger partial charge is 0.414 e. The molecule has 1 N–H and O–H groups in total. The van der Waals surface area contributed by atoms with Crippen LogP contribution in [0.15, 0.2) is 21.9 Å². The maximum absolute atomic E-state index is 12.6. The second-order valence-electron chi connectivity index (χ2n) is 12.1. The Bertz CT molecular complexity index is 953. The molecule has 8 nitrogen and oxygen atoms in total. The molecule has 0 saturated carbocycles. The maximum Gasteiger partial charge on any atom is 0.330 e. The third-order valence-electron chi connectivity index (χ3n) is 7.82. The van der Waals surface area contributed by atoms with Crippen LogP contribution in [0.3, 0.4) is 0 Å². The molecule has 3 heterocycles. The van der Waals surface area contributed by atoms with E-state index in [0.29, 0.717) is 13.2 Å². The van der Waals surface area contributed by atoms with Crippen LogP contribution in [-0.4, -0.2) is 57.2 Å². The van der Waals surface area contributed by atoms with E-state index in [2.05, 4.69) is 72.7 Å². The highest BCUT2D eigenvalue weighted by Gasteiger charge is 2.68. The van der Waals surface area contributed by atoms with Crippen LogP contribution in [0.5, 0.6) is 0 Å². The average Bonchev–Trinajstić information content (AvgIpc) is 3.35. The standard InChI is InChI=1S/C22H40N2O6Si2/c1-20(2,3)31(7,8)28-13-15-22(14-27-22)17(30-32(9,10)21(4,5)6)18(29-15)24-12-11-16(25)23-19(24)26/h11-12,15,17-18H,13-14H2,1-10H3,(H,23,25,26)/t15-,17+,18-,22+/m1/s1. The van der Waals surface area contributed by atoms with Gasteiger partial charge in [-0.2, -0.15) is 0 Å². The summed E-state index contributed by atoms with van der Waals surface area (Å²) in [4.78, 5) is 26.6. The van der Waals surface area contributed by atoms with Crippen LogP contribution in [0, 0.1) is 0 Å². The number of hydrogen-bond donors (Lipinski definition) is 1. The van der Waals surface area contributed by atoms with E-state index in [9.17, 15) is 9.59 Å². The summed E-state index contributed by atoms with van der Waals surface area (Å²) in [6.45, 7) is 22.8. The molecule has 1 spiro atoms. The van der Waals surface area contributed by atoms with Crippen molar-refractivity contribution in [3.63, 3.8) is 0 Å². The van der Waals surface area contributed by atoms with Gasteiger partial charge in [0.25, 0.3) is 5.56 Å². The molecule has 182 valence electrons. The van der Waals surface area contributed by atoms with Gasteiger partial charge in [0, 0.05) is 12.3 Å². The smallest absolute Gasteiger partial charge is 0.330 e. The third kappa shape index (κ3) is 4.62. The van der Waals surface area contributed by atoms with Crippen molar-refractivity contribution in [1.29, 1.82) is 0 Å². The number of aromatic amines is 1. The normalized spacial score (nSPS) is 29.0. The zero-order valence-electron chi connectivity index (χ0n) is 21.2. The monoisotopic (exact) mass is 484 g/mol.